The molecule has 0 N–H and O–H groups in total. The van der Waals surface area contributed by atoms with Crippen LogP contribution in [0.15, 0.2) is 35.2 Å². The third-order valence-corrected chi connectivity index (χ3v) is 5.47. The van der Waals surface area contributed by atoms with Crippen LogP contribution in [0, 0.1) is 0 Å². The molecule has 0 unspecified atom stereocenters. The number of thioether (sulfide) groups is 1. The molecule has 1 aromatic heterocycles. The largest absolute Gasteiger partial charge is 0.496 e. The van der Waals surface area contributed by atoms with Gasteiger partial charge in [0.2, 0.25) is 6.79 Å². The predicted molar refractivity (Wildman–Crippen MR) is 99.4 cm³/mol. The lowest BCUT2D eigenvalue weighted by Gasteiger charge is -2.04. The zero-order valence-corrected chi connectivity index (χ0v) is 14.9. The molecule has 4 nitrogen and oxygen atoms in total. The van der Waals surface area contributed by atoms with Gasteiger partial charge in [-0.1, -0.05) is 12.1 Å². The Bertz CT molecular complexity index is 892. The van der Waals surface area contributed by atoms with E-state index in [1.807, 2.05) is 42.7 Å². The van der Waals surface area contributed by atoms with E-state index in [1.54, 1.807) is 30.2 Å². The number of rotatable bonds is 4. The summed E-state index contributed by atoms with van der Waals surface area (Å²) in [5, 5.41) is 0.961. The molecule has 122 valence electrons. The molecule has 1 aliphatic heterocycles. The fourth-order valence-corrected chi connectivity index (χ4v) is 4.07. The highest BCUT2D eigenvalue weighted by Crippen LogP contribution is 2.36. The second-order valence-electron chi connectivity index (χ2n) is 5.17. The van der Waals surface area contributed by atoms with Crippen molar-refractivity contribution in [1.29, 1.82) is 0 Å². The van der Waals surface area contributed by atoms with E-state index in [9.17, 15) is 0 Å². The second kappa shape index (κ2) is 6.37. The molecule has 0 spiro atoms. The predicted octanol–water partition coefficient (Wildman–Crippen LogP) is 4.93. The Morgan fingerprint density at radius 2 is 2.04 bits per heavy atom. The van der Waals surface area contributed by atoms with Crippen LogP contribution >= 0.6 is 23.1 Å². The molecule has 0 saturated heterocycles. The molecule has 6 heteroatoms. The van der Waals surface area contributed by atoms with Crippen molar-refractivity contribution in [3.63, 3.8) is 0 Å². The fourth-order valence-electron chi connectivity index (χ4n) is 2.53. The molecule has 0 saturated carbocycles. The summed E-state index contributed by atoms with van der Waals surface area (Å²) in [5.41, 5.74) is 2.01. The standard InChI is InChI=1S/C18H15NO3S2/c1-20-15-8-12-16(9-17(15)23-2)24-18(19-12)6-4-11-3-5-13-14(7-11)22-10-21-13/h3-9H,10H2,1-2H3/b6-4+. The molecule has 3 aromatic rings. The first-order valence-electron chi connectivity index (χ1n) is 7.37. The second-order valence-corrected chi connectivity index (χ2v) is 7.08. The van der Waals surface area contributed by atoms with Gasteiger partial charge < -0.3 is 14.2 Å². The maximum atomic E-state index is 5.43. The van der Waals surface area contributed by atoms with Crippen molar-refractivity contribution in [3.05, 3.63) is 40.9 Å². The van der Waals surface area contributed by atoms with E-state index in [4.69, 9.17) is 14.2 Å². The molecule has 4 rings (SSSR count). The summed E-state index contributed by atoms with van der Waals surface area (Å²) in [4.78, 5) is 5.80. The summed E-state index contributed by atoms with van der Waals surface area (Å²) in [7, 11) is 1.69. The van der Waals surface area contributed by atoms with Crippen molar-refractivity contribution in [2.45, 2.75) is 4.90 Å². The maximum absolute atomic E-state index is 5.43. The fraction of sp³-hybridized carbons (Fsp3) is 0.167. The van der Waals surface area contributed by atoms with E-state index in [-0.39, 0.29) is 0 Å². The lowest BCUT2D eigenvalue weighted by molar-refractivity contribution is 0.174. The van der Waals surface area contributed by atoms with Crippen LogP contribution in [0.1, 0.15) is 10.6 Å². The van der Waals surface area contributed by atoms with Gasteiger partial charge in [-0.3, -0.25) is 0 Å². The van der Waals surface area contributed by atoms with Gasteiger partial charge in [0, 0.05) is 6.07 Å². The Hall–Kier alpha value is -2.18. The molecule has 0 radical (unpaired) electrons. The SMILES string of the molecule is COc1cc2nc(/C=C/c3ccc4c(c3)OCO4)sc2cc1SC. The number of aromatic nitrogens is 1. The van der Waals surface area contributed by atoms with Crippen LogP contribution in [0.5, 0.6) is 17.2 Å². The average Bonchev–Trinajstić information content (AvgIpc) is 3.23. The van der Waals surface area contributed by atoms with E-state index in [2.05, 4.69) is 11.1 Å². The summed E-state index contributed by atoms with van der Waals surface area (Å²) < 4.78 is 17.3. The van der Waals surface area contributed by atoms with Crippen LogP contribution in [0.3, 0.4) is 0 Å². The van der Waals surface area contributed by atoms with Gasteiger partial charge in [0.05, 0.1) is 22.2 Å². The molecule has 0 bridgehead atoms. The van der Waals surface area contributed by atoms with E-state index in [0.717, 1.165) is 42.9 Å². The lowest BCUT2D eigenvalue weighted by atomic mass is 10.2. The number of ether oxygens (including phenoxy) is 3. The first kappa shape index (κ1) is 15.4. The topological polar surface area (TPSA) is 40.6 Å². The van der Waals surface area contributed by atoms with Gasteiger partial charge in [0.1, 0.15) is 10.8 Å². The normalized spacial score (nSPS) is 13.1. The summed E-state index contributed by atoms with van der Waals surface area (Å²) in [6.07, 6.45) is 6.10. The Kier molecular flexibility index (Phi) is 4.08. The molecule has 24 heavy (non-hydrogen) atoms. The van der Waals surface area contributed by atoms with Crippen molar-refractivity contribution in [1.82, 2.24) is 4.98 Å². The van der Waals surface area contributed by atoms with Gasteiger partial charge in [-0.25, -0.2) is 4.98 Å². The Morgan fingerprint density at radius 3 is 2.88 bits per heavy atom. The highest BCUT2D eigenvalue weighted by Gasteiger charge is 2.12. The number of thiazole rings is 1. The van der Waals surface area contributed by atoms with E-state index < -0.39 is 0 Å². The van der Waals surface area contributed by atoms with Crippen molar-refractivity contribution in [2.24, 2.45) is 0 Å². The highest BCUT2D eigenvalue weighted by atomic mass is 32.2. The smallest absolute Gasteiger partial charge is 0.231 e. The molecular weight excluding hydrogens is 342 g/mol. The van der Waals surface area contributed by atoms with Gasteiger partial charge in [0.15, 0.2) is 11.5 Å². The van der Waals surface area contributed by atoms with Gasteiger partial charge in [-0.15, -0.1) is 23.1 Å². The molecule has 0 aliphatic carbocycles. The first-order valence-corrected chi connectivity index (χ1v) is 9.41. The zero-order chi connectivity index (χ0) is 16.5. The Morgan fingerprint density at radius 1 is 1.17 bits per heavy atom. The minimum absolute atomic E-state index is 0.292. The minimum Gasteiger partial charge on any atom is -0.496 e. The van der Waals surface area contributed by atoms with E-state index >= 15 is 0 Å². The summed E-state index contributed by atoms with van der Waals surface area (Å²) in [6, 6.07) is 10.0. The van der Waals surface area contributed by atoms with Crippen LogP contribution in [0.2, 0.25) is 0 Å². The zero-order valence-electron chi connectivity index (χ0n) is 13.2. The molecule has 0 amide bonds. The van der Waals surface area contributed by atoms with E-state index in [1.165, 1.54) is 0 Å². The first-order chi connectivity index (χ1) is 11.8. The van der Waals surface area contributed by atoms with Crippen molar-refractivity contribution in [3.8, 4) is 17.2 Å². The number of benzene rings is 2. The number of methoxy groups -OCH3 is 1. The number of fused-ring (bicyclic) bond motifs is 2. The summed E-state index contributed by atoms with van der Waals surface area (Å²) >= 11 is 3.34. The Labute approximate surface area is 148 Å². The highest BCUT2D eigenvalue weighted by molar-refractivity contribution is 7.98. The molecule has 0 atom stereocenters. The van der Waals surface area contributed by atoms with Crippen LogP contribution in [0.4, 0.5) is 0 Å². The molecular formula is C18H15NO3S2. The van der Waals surface area contributed by atoms with Gasteiger partial charge >= 0.3 is 0 Å². The summed E-state index contributed by atoms with van der Waals surface area (Å²) in [6.45, 7) is 0.292. The van der Waals surface area contributed by atoms with Crippen LogP contribution in [-0.2, 0) is 0 Å². The monoisotopic (exact) mass is 357 g/mol. The minimum atomic E-state index is 0.292. The number of hydrogen-bond donors (Lipinski definition) is 0. The lowest BCUT2D eigenvalue weighted by Crippen LogP contribution is -1.92. The van der Waals surface area contributed by atoms with Crippen LogP contribution < -0.4 is 14.2 Å². The molecule has 2 aromatic carbocycles. The molecule has 1 aliphatic rings. The Balaban J connectivity index is 1.64. The number of nitrogens with zero attached hydrogens (tertiary/aromatic N) is 1. The third-order valence-electron chi connectivity index (χ3n) is 3.73. The van der Waals surface area contributed by atoms with Gasteiger partial charge in [-0.2, -0.15) is 0 Å². The van der Waals surface area contributed by atoms with Crippen molar-refractivity contribution in [2.75, 3.05) is 20.2 Å². The van der Waals surface area contributed by atoms with Crippen molar-refractivity contribution < 1.29 is 14.2 Å². The van der Waals surface area contributed by atoms with Gasteiger partial charge in [-0.05, 0) is 36.1 Å². The van der Waals surface area contributed by atoms with E-state index in [0.29, 0.717) is 6.79 Å². The summed E-state index contributed by atoms with van der Waals surface area (Å²) in [5.74, 6) is 2.45. The van der Waals surface area contributed by atoms with Crippen LogP contribution in [0.25, 0.3) is 22.4 Å². The third kappa shape index (κ3) is 2.83. The number of hydrogen-bond acceptors (Lipinski definition) is 6. The quantitative estimate of drug-likeness (QED) is 0.620. The molecule has 2 heterocycles. The average molecular weight is 357 g/mol. The maximum Gasteiger partial charge on any atom is 0.231 e. The molecule has 0 fully saturated rings. The van der Waals surface area contributed by atoms with Crippen molar-refractivity contribution >= 4 is 45.5 Å². The van der Waals surface area contributed by atoms with Gasteiger partial charge in [0.25, 0.3) is 0 Å². The van der Waals surface area contributed by atoms with Crippen LogP contribution in [-0.4, -0.2) is 25.1 Å².